The number of phenolic OH excluding ortho intramolecular Hbond substituents is 1. The van der Waals surface area contributed by atoms with Crippen molar-refractivity contribution in [2.45, 2.75) is 24.5 Å². The van der Waals surface area contributed by atoms with Crippen LogP contribution in [0, 0.1) is 0 Å². The fraction of sp³-hybridized carbons (Fsp3) is 0.269. The molecule has 2 aromatic heterocycles. The third-order valence-electron chi connectivity index (χ3n) is 6.43. The van der Waals surface area contributed by atoms with Crippen LogP contribution in [0.2, 0.25) is 5.22 Å². The van der Waals surface area contributed by atoms with Gasteiger partial charge in [0.1, 0.15) is 11.5 Å². The summed E-state index contributed by atoms with van der Waals surface area (Å²) < 4.78 is 11.1. The summed E-state index contributed by atoms with van der Waals surface area (Å²) in [6.45, 7) is 0.708. The van der Waals surface area contributed by atoms with Gasteiger partial charge in [-0.3, -0.25) is 4.79 Å². The van der Waals surface area contributed by atoms with E-state index in [2.05, 4.69) is 22.4 Å². The SMILES string of the molecule is COCC1(NC[C@H](O)c2cc(O)cc3[nH]c(=O)ccc23)Cc2ccc(-c3ccc(Cl)o3)cc2C1. The van der Waals surface area contributed by atoms with E-state index < -0.39 is 11.6 Å². The molecule has 2 aromatic carbocycles. The Hall–Kier alpha value is -3.10. The number of fused-ring (bicyclic) bond motifs is 2. The third-order valence-corrected chi connectivity index (χ3v) is 6.63. The van der Waals surface area contributed by atoms with Gasteiger partial charge in [0.2, 0.25) is 5.56 Å². The van der Waals surface area contributed by atoms with Crippen LogP contribution >= 0.6 is 11.6 Å². The molecule has 2 atom stereocenters. The van der Waals surface area contributed by atoms with E-state index >= 15 is 0 Å². The maximum absolute atomic E-state index is 11.7. The Labute approximate surface area is 201 Å². The summed E-state index contributed by atoms with van der Waals surface area (Å²) in [6.07, 6.45) is 0.564. The number of ether oxygens (including phenoxy) is 1. The minimum atomic E-state index is -0.904. The number of H-pyrrole nitrogens is 1. The van der Waals surface area contributed by atoms with E-state index in [1.807, 2.05) is 12.1 Å². The first kappa shape index (κ1) is 22.7. The van der Waals surface area contributed by atoms with Crippen LogP contribution < -0.4 is 10.9 Å². The molecule has 1 aliphatic carbocycles. The van der Waals surface area contributed by atoms with E-state index in [0.717, 1.165) is 18.4 Å². The highest BCUT2D eigenvalue weighted by molar-refractivity contribution is 6.29. The van der Waals surface area contributed by atoms with Gasteiger partial charge in [0, 0.05) is 42.3 Å². The molecule has 0 aliphatic heterocycles. The molecule has 0 amide bonds. The number of nitrogens with one attached hydrogen (secondary N) is 2. The molecule has 176 valence electrons. The number of aromatic hydroxyl groups is 1. The van der Waals surface area contributed by atoms with Crippen molar-refractivity contribution in [1.82, 2.24) is 10.3 Å². The Kier molecular flexibility index (Phi) is 5.95. The number of aliphatic hydroxyl groups is 1. The largest absolute Gasteiger partial charge is 0.508 e. The molecule has 34 heavy (non-hydrogen) atoms. The van der Waals surface area contributed by atoms with Gasteiger partial charge >= 0.3 is 0 Å². The number of aliphatic hydroxyl groups excluding tert-OH is 1. The van der Waals surface area contributed by atoms with Crippen molar-refractivity contribution in [3.8, 4) is 17.1 Å². The Morgan fingerprint density at radius 2 is 1.97 bits per heavy atom. The molecule has 4 N–H and O–H groups in total. The van der Waals surface area contributed by atoms with E-state index in [-0.39, 0.29) is 17.9 Å². The van der Waals surface area contributed by atoms with Gasteiger partial charge in [0.05, 0.1) is 18.2 Å². The summed E-state index contributed by atoms with van der Waals surface area (Å²) in [4.78, 5) is 14.4. The van der Waals surface area contributed by atoms with Crippen LogP contribution in [0.25, 0.3) is 22.2 Å². The van der Waals surface area contributed by atoms with Gasteiger partial charge in [0.25, 0.3) is 0 Å². The van der Waals surface area contributed by atoms with Gasteiger partial charge in [-0.2, -0.15) is 0 Å². The molecule has 0 saturated heterocycles. The van der Waals surface area contributed by atoms with Crippen LogP contribution in [-0.2, 0) is 17.6 Å². The number of pyridine rings is 1. The molecule has 0 saturated carbocycles. The third kappa shape index (κ3) is 4.35. The number of aromatic amines is 1. The standard InChI is InChI=1S/C26H25ClN2O5/c1-33-14-26(11-16-3-2-15(8-17(16)12-26)23-5-6-24(27)34-23)28-13-22(31)20-9-18(30)10-21-19(20)4-7-25(32)29-21/h2-10,22,28,30-31H,11-14H2,1H3,(H,29,32)/t22-,26?/m0/s1. The Balaban J connectivity index is 1.38. The molecule has 0 fully saturated rings. The maximum atomic E-state index is 11.7. The quantitative estimate of drug-likeness (QED) is 0.319. The molecule has 0 bridgehead atoms. The lowest BCUT2D eigenvalue weighted by atomic mass is 9.95. The summed E-state index contributed by atoms with van der Waals surface area (Å²) >= 11 is 5.94. The fourth-order valence-electron chi connectivity index (χ4n) is 4.91. The molecular formula is C26H25ClN2O5. The van der Waals surface area contributed by atoms with Crippen molar-refractivity contribution < 1.29 is 19.4 Å². The molecule has 1 unspecified atom stereocenters. The van der Waals surface area contributed by atoms with Crippen LogP contribution in [0.4, 0.5) is 0 Å². The minimum Gasteiger partial charge on any atom is -0.508 e. The number of rotatable bonds is 7. The summed E-state index contributed by atoms with van der Waals surface area (Å²) in [5, 5.41) is 25.7. The highest BCUT2D eigenvalue weighted by atomic mass is 35.5. The van der Waals surface area contributed by atoms with Crippen LogP contribution in [0.1, 0.15) is 22.8 Å². The normalized spacial score (nSPS) is 18.3. The number of phenols is 1. The molecule has 2 heterocycles. The predicted octanol–water partition coefficient (Wildman–Crippen LogP) is 3.95. The molecule has 0 radical (unpaired) electrons. The molecule has 4 aromatic rings. The average molecular weight is 481 g/mol. The predicted molar refractivity (Wildman–Crippen MR) is 130 cm³/mol. The van der Waals surface area contributed by atoms with E-state index in [0.29, 0.717) is 34.1 Å². The first-order valence-corrected chi connectivity index (χ1v) is 11.4. The topological polar surface area (TPSA) is 108 Å². The van der Waals surface area contributed by atoms with E-state index in [1.165, 1.54) is 29.3 Å². The van der Waals surface area contributed by atoms with Crippen LogP contribution in [0.3, 0.4) is 0 Å². The zero-order chi connectivity index (χ0) is 23.9. The molecule has 1 aliphatic rings. The van der Waals surface area contributed by atoms with Crippen LogP contribution in [-0.4, -0.2) is 41.0 Å². The van der Waals surface area contributed by atoms with Crippen molar-refractivity contribution in [3.63, 3.8) is 0 Å². The highest BCUT2D eigenvalue weighted by Crippen LogP contribution is 2.35. The lowest BCUT2D eigenvalue weighted by molar-refractivity contribution is 0.0948. The van der Waals surface area contributed by atoms with Crippen LogP contribution in [0.5, 0.6) is 5.75 Å². The average Bonchev–Trinajstić information content (AvgIpc) is 3.39. The number of aromatic nitrogens is 1. The first-order valence-electron chi connectivity index (χ1n) is 11.0. The smallest absolute Gasteiger partial charge is 0.248 e. The molecule has 0 spiro atoms. The number of hydrogen-bond donors (Lipinski definition) is 4. The Morgan fingerprint density at radius 3 is 2.74 bits per heavy atom. The summed E-state index contributed by atoms with van der Waals surface area (Å²) in [5.74, 6) is 0.697. The highest BCUT2D eigenvalue weighted by Gasteiger charge is 2.37. The summed E-state index contributed by atoms with van der Waals surface area (Å²) in [5.41, 5.74) is 3.71. The van der Waals surface area contributed by atoms with E-state index in [1.54, 1.807) is 19.2 Å². The van der Waals surface area contributed by atoms with Crippen molar-refractivity contribution >= 4 is 22.5 Å². The van der Waals surface area contributed by atoms with Gasteiger partial charge in [-0.05, 0) is 71.5 Å². The second kappa shape index (κ2) is 8.92. The van der Waals surface area contributed by atoms with E-state index in [9.17, 15) is 15.0 Å². The molecule has 7 nitrogen and oxygen atoms in total. The number of halogens is 1. The summed E-state index contributed by atoms with van der Waals surface area (Å²) in [6, 6.07) is 15.9. The van der Waals surface area contributed by atoms with E-state index in [4.69, 9.17) is 20.8 Å². The Morgan fingerprint density at radius 1 is 1.15 bits per heavy atom. The number of furan rings is 1. The van der Waals surface area contributed by atoms with Gasteiger partial charge in [0.15, 0.2) is 5.22 Å². The zero-order valence-corrected chi connectivity index (χ0v) is 19.4. The van der Waals surface area contributed by atoms with Crippen molar-refractivity contribution in [2.75, 3.05) is 20.3 Å². The summed E-state index contributed by atoms with van der Waals surface area (Å²) in [7, 11) is 1.66. The number of methoxy groups -OCH3 is 1. The van der Waals surface area contributed by atoms with Gasteiger partial charge in [-0.1, -0.05) is 12.1 Å². The van der Waals surface area contributed by atoms with Crippen LogP contribution in [0.15, 0.2) is 63.8 Å². The first-order chi connectivity index (χ1) is 16.4. The zero-order valence-electron chi connectivity index (χ0n) is 18.6. The molecule has 5 rings (SSSR count). The number of benzene rings is 2. The van der Waals surface area contributed by atoms with Crippen molar-refractivity contribution in [3.05, 3.63) is 86.9 Å². The van der Waals surface area contributed by atoms with Crippen molar-refractivity contribution in [2.24, 2.45) is 0 Å². The monoisotopic (exact) mass is 480 g/mol. The number of hydrogen-bond acceptors (Lipinski definition) is 6. The minimum absolute atomic E-state index is 0.0196. The molecule has 8 heteroatoms. The maximum Gasteiger partial charge on any atom is 0.248 e. The second-order valence-corrected chi connectivity index (χ2v) is 9.24. The second-order valence-electron chi connectivity index (χ2n) is 8.87. The fourth-order valence-corrected chi connectivity index (χ4v) is 5.06. The van der Waals surface area contributed by atoms with Gasteiger partial charge in [-0.25, -0.2) is 0 Å². The lowest BCUT2D eigenvalue weighted by Crippen LogP contribution is -2.51. The lowest BCUT2D eigenvalue weighted by Gasteiger charge is -2.31. The van der Waals surface area contributed by atoms with Gasteiger partial charge in [-0.15, -0.1) is 0 Å². The number of β-amino-alcohol motifs (C(OH)–C–C–N with tert-alkyl or cyclic N) is 1. The Bertz CT molecular complexity index is 1410. The van der Waals surface area contributed by atoms with Gasteiger partial charge < -0.3 is 29.7 Å². The van der Waals surface area contributed by atoms with Crippen molar-refractivity contribution in [1.29, 1.82) is 0 Å². The molecular weight excluding hydrogens is 456 g/mol.